The van der Waals surface area contributed by atoms with E-state index < -0.39 is 11.1 Å². The number of nitrogens with zero attached hydrogens (tertiary/aromatic N) is 4. The molecule has 0 saturated heterocycles. The van der Waals surface area contributed by atoms with Crippen molar-refractivity contribution in [1.29, 1.82) is 0 Å². The SMILES string of the molecule is CN1C(=O)[C@@](CCC2CCCCC2)(C[C@H]2CCC[C@@H](CC(=O)Cc3ccc(Cl)cc3)C2)N=C1N.CN1C(=O)[C@@](CCC2CCCCC2)(C[C@H]2CCC[C@@H](CC(=O)Cc3cccc(Cl)c3)C2)N=C1N. The fourth-order valence-corrected chi connectivity index (χ4v) is 13.5. The lowest BCUT2D eigenvalue weighted by atomic mass is 9.71. The zero-order valence-corrected chi connectivity index (χ0v) is 42.7. The summed E-state index contributed by atoms with van der Waals surface area (Å²) in [5.74, 6) is 4.46. The van der Waals surface area contributed by atoms with E-state index in [4.69, 9.17) is 44.7 Å². The van der Waals surface area contributed by atoms with Gasteiger partial charge in [0.25, 0.3) is 11.8 Å². The van der Waals surface area contributed by atoms with Gasteiger partial charge in [0.1, 0.15) is 22.6 Å². The molecule has 0 radical (unpaired) electrons. The summed E-state index contributed by atoms with van der Waals surface area (Å²) < 4.78 is 0. The van der Waals surface area contributed by atoms with E-state index in [0.29, 0.717) is 88.9 Å². The van der Waals surface area contributed by atoms with Gasteiger partial charge < -0.3 is 11.5 Å². The Morgan fingerprint density at radius 2 is 0.985 bits per heavy atom. The molecule has 4 N–H and O–H groups in total. The summed E-state index contributed by atoms with van der Waals surface area (Å²) in [4.78, 5) is 64.9. The van der Waals surface area contributed by atoms with Gasteiger partial charge in [0.15, 0.2) is 11.9 Å². The van der Waals surface area contributed by atoms with E-state index in [9.17, 15) is 19.2 Å². The highest BCUT2D eigenvalue weighted by atomic mass is 35.5. The molecule has 6 aliphatic rings. The van der Waals surface area contributed by atoms with Gasteiger partial charge in [0.2, 0.25) is 0 Å². The molecule has 10 nitrogen and oxygen atoms in total. The molecule has 68 heavy (non-hydrogen) atoms. The molecular weight excluding hydrogens is 892 g/mol. The first kappa shape index (κ1) is 52.1. The molecule has 0 unspecified atom stereocenters. The molecule has 6 atom stereocenters. The van der Waals surface area contributed by atoms with Crippen LogP contribution in [0.25, 0.3) is 0 Å². The second kappa shape index (κ2) is 24.4. The number of hydrogen-bond donors (Lipinski definition) is 2. The normalized spacial score (nSPS) is 28.2. The molecule has 2 heterocycles. The van der Waals surface area contributed by atoms with Gasteiger partial charge in [-0.15, -0.1) is 0 Å². The standard InChI is InChI=1S/2C28H40ClN3O2/c1-32-26(34)28(31-27(32)30,14-13-20-7-3-2-4-8-20)19-23-11-5-9-21(15-23)17-25(33)18-22-10-6-12-24(29)16-22;1-32-26(34)28(31-27(32)30,15-14-20-6-3-2-4-7-20)19-23-9-5-8-22(16-23)18-25(33)17-21-10-12-24(29)13-11-21/h6,10,12,16,20-21,23H,2-5,7-9,11,13-15,17-19H2,1H3,(H2,30,31);10-13,20,22-23H,2-9,14-19H2,1H3,(H2,30,31)/t21-,23+,28-;22-,23+,28-/m11/s1. The lowest BCUT2D eigenvalue weighted by Gasteiger charge is -2.35. The Balaban J connectivity index is 0.000000201. The van der Waals surface area contributed by atoms with E-state index in [1.807, 2.05) is 48.5 Å². The van der Waals surface area contributed by atoms with Crippen LogP contribution >= 0.6 is 23.2 Å². The Bertz CT molecular complexity index is 2100. The second-order valence-corrected chi connectivity index (χ2v) is 23.0. The Morgan fingerprint density at radius 1 is 0.559 bits per heavy atom. The number of carbonyl (C=O) groups is 4. The molecule has 2 aliphatic heterocycles. The zero-order valence-electron chi connectivity index (χ0n) is 41.2. The summed E-state index contributed by atoms with van der Waals surface area (Å²) in [5, 5.41) is 1.37. The molecule has 4 fully saturated rings. The molecule has 372 valence electrons. The van der Waals surface area contributed by atoms with E-state index >= 15 is 0 Å². The number of nitrogens with two attached hydrogens (primary N) is 2. The van der Waals surface area contributed by atoms with Crippen LogP contribution < -0.4 is 11.5 Å². The first-order chi connectivity index (χ1) is 32.7. The van der Waals surface area contributed by atoms with Crippen molar-refractivity contribution in [2.75, 3.05) is 14.1 Å². The number of carbonyl (C=O) groups excluding carboxylic acids is 4. The number of amides is 2. The van der Waals surface area contributed by atoms with Crippen molar-refractivity contribution in [1.82, 2.24) is 9.80 Å². The minimum absolute atomic E-state index is 0.0694. The number of hydrogen-bond acceptors (Lipinski definition) is 8. The highest BCUT2D eigenvalue weighted by molar-refractivity contribution is 6.30. The summed E-state index contributed by atoms with van der Waals surface area (Å²) in [6.07, 6.45) is 29.1. The topological polar surface area (TPSA) is 152 Å². The van der Waals surface area contributed by atoms with E-state index in [-0.39, 0.29) is 17.6 Å². The third kappa shape index (κ3) is 14.2. The Labute approximate surface area is 417 Å². The lowest BCUT2D eigenvalue weighted by molar-refractivity contribution is -0.132. The van der Waals surface area contributed by atoms with Crippen LogP contribution in [0.2, 0.25) is 10.0 Å². The second-order valence-electron chi connectivity index (χ2n) is 22.1. The number of guanidine groups is 2. The van der Waals surface area contributed by atoms with Crippen LogP contribution in [0.4, 0.5) is 0 Å². The molecule has 0 aromatic heterocycles. The van der Waals surface area contributed by atoms with E-state index in [1.165, 1.54) is 64.2 Å². The molecular formula is C56H80Cl2N6O4. The Kier molecular flexibility index (Phi) is 18.7. The van der Waals surface area contributed by atoms with E-state index in [1.54, 1.807) is 23.9 Å². The van der Waals surface area contributed by atoms with Crippen LogP contribution in [-0.2, 0) is 32.0 Å². The number of benzene rings is 2. The predicted octanol–water partition coefficient (Wildman–Crippen LogP) is 11.8. The van der Waals surface area contributed by atoms with Gasteiger partial charge in [-0.1, -0.05) is 150 Å². The monoisotopic (exact) mass is 971 g/mol. The maximum atomic E-state index is 13.3. The van der Waals surface area contributed by atoms with Crippen LogP contribution in [0.1, 0.15) is 178 Å². The average Bonchev–Trinajstić information content (AvgIpc) is 3.66. The third-order valence-corrected chi connectivity index (χ3v) is 17.3. The van der Waals surface area contributed by atoms with Crippen molar-refractivity contribution in [3.05, 3.63) is 69.7 Å². The van der Waals surface area contributed by atoms with Crippen molar-refractivity contribution >= 4 is 58.5 Å². The van der Waals surface area contributed by atoms with Crippen LogP contribution in [0.3, 0.4) is 0 Å². The zero-order chi connectivity index (χ0) is 48.3. The van der Waals surface area contributed by atoms with Crippen molar-refractivity contribution in [2.24, 2.45) is 57.0 Å². The third-order valence-electron chi connectivity index (χ3n) is 16.8. The van der Waals surface area contributed by atoms with Gasteiger partial charge in [0, 0.05) is 49.8 Å². The van der Waals surface area contributed by atoms with Gasteiger partial charge in [-0.05, 0) is 122 Å². The van der Waals surface area contributed by atoms with Crippen LogP contribution in [0.15, 0.2) is 58.5 Å². The summed E-state index contributed by atoms with van der Waals surface area (Å²) >= 11 is 12.0. The van der Waals surface area contributed by atoms with Crippen molar-refractivity contribution in [2.45, 2.75) is 191 Å². The maximum absolute atomic E-state index is 13.3. The van der Waals surface area contributed by atoms with Gasteiger partial charge >= 0.3 is 0 Å². The smallest absolute Gasteiger partial charge is 0.257 e. The quantitative estimate of drug-likeness (QED) is 0.152. The summed E-state index contributed by atoms with van der Waals surface area (Å²) in [6, 6.07) is 15.1. The number of likely N-dealkylation sites (N-methyl/N-ethyl adjacent to an activating group) is 2. The number of rotatable bonds is 18. The van der Waals surface area contributed by atoms with Gasteiger partial charge in [-0.3, -0.25) is 29.0 Å². The van der Waals surface area contributed by atoms with Crippen LogP contribution in [-0.4, -0.2) is 70.3 Å². The molecule has 8 rings (SSSR count). The Hall–Kier alpha value is -3.76. The Morgan fingerprint density at radius 3 is 1.41 bits per heavy atom. The van der Waals surface area contributed by atoms with Crippen molar-refractivity contribution < 1.29 is 19.2 Å². The summed E-state index contributed by atoms with van der Waals surface area (Å²) in [6.45, 7) is 0. The molecule has 0 spiro atoms. The fraction of sp³-hybridized carbons (Fsp3) is 0.679. The largest absolute Gasteiger partial charge is 0.369 e. The molecule has 0 bridgehead atoms. The molecule has 4 aliphatic carbocycles. The average molecular weight is 972 g/mol. The molecule has 2 amide bonds. The maximum Gasteiger partial charge on any atom is 0.257 e. The first-order valence-electron chi connectivity index (χ1n) is 26.5. The van der Waals surface area contributed by atoms with Crippen LogP contribution in [0, 0.1) is 35.5 Å². The number of aliphatic imine (C=N–C) groups is 2. The van der Waals surface area contributed by atoms with Gasteiger partial charge in [0.05, 0.1) is 0 Å². The van der Waals surface area contributed by atoms with E-state index in [0.717, 1.165) is 101 Å². The van der Waals surface area contributed by atoms with Crippen molar-refractivity contribution in [3.8, 4) is 0 Å². The van der Waals surface area contributed by atoms with Gasteiger partial charge in [-0.25, -0.2) is 9.98 Å². The molecule has 2 aromatic carbocycles. The van der Waals surface area contributed by atoms with E-state index in [2.05, 4.69) is 0 Å². The summed E-state index contributed by atoms with van der Waals surface area (Å²) in [5.41, 5.74) is 12.9. The first-order valence-corrected chi connectivity index (χ1v) is 27.2. The fourth-order valence-electron chi connectivity index (χ4n) is 13.1. The van der Waals surface area contributed by atoms with Gasteiger partial charge in [-0.2, -0.15) is 0 Å². The lowest BCUT2D eigenvalue weighted by Crippen LogP contribution is -2.44. The molecule has 12 heteroatoms. The number of Topliss-reactive ketones (excluding diaryl/α,β-unsaturated/α-hetero) is 2. The highest BCUT2D eigenvalue weighted by Gasteiger charge is 2.49. The highest BCUT2D eigenvalue weighted by Crippen LogP contribution is 2.44. The minimum atomic E-state index is -0.701. The molecule has 2 aromatic rings. The number of halogens is 2. The molecule has 4 saturated carbocycles. The predicted molar refractivity (Wildman–Crippen MR) is 276 cm³/mol. The number of ketones is 2. The summed E-state index contributed by atoms with van der Waals surface area (Å²) in [7, 11) is 3.50. The van der Waals surface area contributed by atoms with Crippen molar-refractivity contribution in [3.63, 3.8) is 0 Å². The minimum Gasteiger partial charge on any atom is -0.369 e. The van der Waals surface area contributed by atoms with Crippen LogP contribution in [0.5, 0.6) is 0 Å².